The molecule has 0 aliphatic carbocycles. The summed E-state index contributed by atoms with van der Waals surface area (Å²) in [6.45, 7) is 5.51. The molecule has 0 saturated heterocycles. The molecule has 0 aromatic heterocycles. The van der Waals surface area contributed by atoms with Crippen molar-refractivity contribution in [3.63, 3.8) is 0 Å². The van der Waals surface area contributed by atoms with E-state index in [-0.39, 0.29) is 5.60 Å². The van der Waals surface area contributed by atoms with Gasteiger partial charge in [0, 0.05) is 32.3 Å². The number of nitrogens with one attached hydrogen (secondary N) is 2. The van der Waals surface area contributed by atoms with Crippen molar-refractivity contribution in [2.45, 2.75) is 25.9 Å². The first-order valence-electron chi connectivity index (χ1n) is 6.71. The van der Waals surface area contributed by atoms with Gasteiger partial charge in [-0.25, -0.2) is 0 Å². The fourth-order valence-electron chi connectivity index (χ4n) is 1.61. The van der Waals surface area contributed by atoms with Crippen LogP contribution in [-0.4, -0.2) is 38.8 Å². The summed E-state index contributed by atoms with van der Waals surface area (Å²) in [7, 11) is 3.46. The first-order chi connectivity index (χ1) is 9.48. The maximum atomic E-state index is 6.12. The highest BCUT2D eigenvalue weighted by atomic mass is 35.5. The monoisotopic (exact) mass is 297 g/mol. The number of guanidine groups is 1. The van der Waals surface area contributed by atoms with Gasteiger partial charge >= 0.3 is 0 Å². The molecule has 0 radical (unpaired) electrons. The molecule has 112 valence electrons. The molecule has 0 fully saturated rings. The van der Waals surface area contributed by atoms with Crippen LogP contribution in [0.1, 0.15) is 19.4 Å². The zero-order chi connectivity index (χ0) is 15.0. The number of halogens is 1. The van der Waals surface area contributed by atoms with Gasteiger partial charge in [0.1, 0.15) is 0 Å². The quantitative estimate of drug-likeness (QED) is 0.626. The molecule has 1 aromatic rings. The second-order valence-electron chi connectivity index (χ2n) is 5.16. The fourth-order valence-corrected chi connectivity index (χ4v) is 1.84. The van der Waals surface area contributed by atoms with Crippen molar-refractivity contribution < 1.29 is 4.74 Å². The van der Waals surface area contributed by atoms with E-state index in [1.165, 1.54) is 0 Å². The van der Waals surface area contributed by atoms with Gasteiger partial charge in [0.25, 0.3) is 0 Å². The smallest absolute Gasteiger partial charge is 0.191 e. The molecule has 0 unspecified atom stereocenters. The molecule has 0 aliphatic rings. The van der Waals surface area contributed by atoms with Gasteiger partial charge in [0.15, 0.2) is 5.96 Å². The van der Waals surface area contributed by atoms with E-state index in [1.54, 1.807) is 14.2 Å². The topological polar surface area (TPSA) is 45.7 Å². The first kappa shape index (κ1) is 16.8. The Balaban J connectivity index is 2.38. The summed E-state index contributed by atoms with van der Waals surface area (Å²) >= 11 is 6.12. The van der Waals surface area contributed by atoms with E-state index in [4.69, 9.17) is 16.3 Å². The number of hydrogen-bond acceptors (Lipinski definition) is 2. The zero-order valence-corrected chi connectivity index (χ0v) is 13.4. The highest BCUT2D eigenvalue weighted by molar-refractivity contribution is 6.31. The highest BCUT2D eigenvalue weighted by Gasteiger charge is 2.16. The zero-order valence-electron chi connectivity index (χ0n) is 12.7. The lowest BCUT2D eigenvalue weighted by Gasteiger charge is -2.24. The molecule has 0 amide bonds. The number of benzene rings is 1. The second-order valence-corrected chi connectivity index (χ2v) is 5.56. The van der Waals surface area contributed by atoms with Gasteiger partial charge in [-0.15, -0.1) is 0 Å². The van der Waals surface area contributed by atoms with E-state index in [2.05, 4.69) is 15.6 Å². The van der Waals surface area contributed by atoms with Crippen LogP contribution in [0.15, 0.2) is 29.3 Å². The Bertz CT molecular complexity index is 446. The minimum Gasteiger partial charge on any atom is -0.377 e. The Labute approximate surface area is 126 Å². The normalized spacial score (nSPS) is 12.3. The molecule has 4 nitrogen and oxygen atoms in total. The molecule has 0 aliphatic heterocycles. The molecule has 0 spiro atoms. The number of hydrogen-bond donors (Lipinski definition) is 2. The lowest BCUT2D eigenvalue weighted by Crippen LogP contribution is -2.45. The second kappa shape index (κ2) is 8.12. The Morgan fingerprint density at radius 3 is 2.60 bits per heavy atom. The van der Waals surface area contributed by atoms with E-state index in [0.29, 0.717) is 6.54 Å². The van der Waals surface area contributed by atoms with Crippen LogP contribution in [-0.2, 0) is 11.2 Å². The maximum absolute atomic E-state index is 6.12. The molecule has 1 rings (SSSR count). The lowest BCUT2D eigenvalue weighted by atomic mass is 10.1. The van der Waals surface area contributed by atoms with Gasteiger partial charge in [-0.1, -0.05) is 29.8 Å². The number of nitrogens with zero attached hydrogens (tertiary/aromatic N) is 1. The summed E-state index contributed by atoms with van der Waals surface area (Å²) in [5.74, 6) is 0.766. The number of ether oxygens (including phenoxy) is 1. The molecule has 0 bridgehead atoms. The number of rotatable bonds is 6. The van der Waals surface area contributed by atoms with Crippen LogP contribution in [0.3, 0.4) is 0 Å². The van der Waals surface area contributed by atoms with Gasteiger partial charge in [-0.2, -0.15) is 0 Å². The van der Waals surface area contributed by atoms with Crippen molar-refractivity contribution in [2.75, 3.05) is 27.2 Å². The summed E-state index contributed by atoms with van der Waals surface area (Å²) in [6, 6.07) is 7.88. The molecule has 0 heterocycles. The Morgan fingerprint density at radius 2 is 2.00 bits per heavy atom. The maximum Gasteiger partial charge on any atom is 0.191 e. The van der Waals surface area contributed by atoms with Gasteiger partial charge in [-0.05, 0) is 31.9 Å². The van der Waals surface area contributed by atoms with Crippen LogP contribution >= 0.6 is 11.6 Å². The van der Waals surface area contributed by atoms with Gasteiger partial charge in [0.2, 0.25) is 0 Å². The molecular weight excluding hydrogens is 274 g/mol. The van der Waals surface area contributed by atoms with Gasteiger partial charge in [0.05, 0.1) is 5.60 Å². The standard InChI is InChI=1S/C15H24ClN3O/c1-15(2,20-4)11-19-14(17-3)18-10-9-12-7-5-6-8-13(12)16/h5-8H,9-11H2,1-4H3,(H2,17,18,19). The molecule has 5 heteroatoms. The summed E-state index contributed by atoms with van der Waals surface area (Å²) in [5, 5.41) is 7.31. The average molecular weight is 298 g/mol. The molecule has 20 heavy (non-hydrogen) atoms. The number of aliphatic imine (C=N–C) groups is 1. The van der Waals surface area contributed by atoms with Crippen LogP contribution in [0, 0.1) is 0 Å². The van der Waals surface area contributed by atoms with E-state index in [9.17, 15) is 0 Å². The van der Waals surface area contributed by atoms with Crippen LogP contribution in [0.4, 0.5) is 0 Å². The van der Waals surface area contributed by atoms with Crippen molar-refractivity contribution in [1.82, 2.24) is 10.6 Å². The van der Waals surface area contributed by atoms with Crippen LogP contribution < -0.4 is 10.6 Å². The predicted molar refractivity (Wildman–Crippen MR) is 85.6 cm³/mol. The predicted octanol–water partition coefficient (Wildman–Crippen LogP) is 2.47. The van der Waals surface area contributed by atoms with Crippen molar-refractivity contribution in [1.29, 1.82) is 0 Å². The summed E-state index contributed by atoms with van der Waals surface area (Å²) in [5.41, 5.74) is 0.912. The largest absolute Gasteiger partial charge is 0.377 e. The van der Waals surface area contributed by atoms with Gasteiger partial charge < -0.3 is 15.4 Å². The van der Waals surface area contributed by atoms with Crippen molar-refractivity contribution in [2.24, 2.45) is 4.99 Å². The lowest BCUT2D eigenvalue weighted by molar-refractivity contribution is 0.0268. The minimum atomic E-state index is -0.222. The summed E-state index contributed by atoms with van der Waals surface area (Å²) < 4.78 is 5.36. The molecule has 1 aromatic carbocycles. The van der Waals surface area contributed by atoms with Gasteiger partial charge in [-0.3, -0.25) is 4.99 Å². The summed E-state index contributed by atoms with van der Waals surface area (Å²) in [6.07, 6.45) is 0.855. The third kappa shape index (κ3) is 5.80. The van der Waals surface area contributed by atoms with E-state index in [1.807, 2.05) is 38.1 Å². The van der Waals surface area contributed by atoms with E-state index >= 15 is 0 Å². The molecular formula is C15H24ClN3O. The first-order valence-corrected chi connectivity index (χ1v) is 7.09. The SMILES string of the molecule is CN=C(NCCc1ccccc1Cl)NCC(C)(C)OC. The van der Waals surface area contributed by atoms with Crippen molar-refractivity contribution >= 4 is 17.6 Å². The number of methoxy groups -OCH3 is 1. The fraction of sp³-hybridized carbons (Fsp3) is 0.533. The van der Waals surface area contributed by atoms with Crippen LogP contribution in [0.5, 0.6) is 0 Å². The Kier molecular flexibility index (Phi) is 6.82. The Hall–Kier alpha value is -1.26. The third-order valence-electron chi connectivity index (χ3n) is 3.10. The van der Waals surface area contributed by atoms with E-state index in [0.717, 1.165) is 29.5 Å². The minimum absolute atomic E-state index is 0.222. The average Bonchev–Trinajstić information content (AvgIpc) is 2.44. The van der Waals surface area contributed by atoms with E-state index < -0.39 is 0 Å². The Morgan fingerprint density at radius 1 is 1.30 bits per heavy atom. The molecule has 0 atom stereocenters. The van der Waals surface area contributed by atoms with Crippen molar-refractivity contribution in [3.8, 4) is 0 Å². The molecule has 2 N–H and O–H groups in total. The van der Waals surface area contributed by atoms with Crippen molar-refractivity contribution in [3.05, 3.63) is 34.9 Å². The molecule has 0 saturated carbocycles. The third-order valence-corrected chi connectivity index (χ3v) is 3.47. The van der Waals surface area contributed by atoms with Crippen LogP contribution in [0.25, 0.3) is 0 Å². The highest BCUT2D eigenvalue weighted by Crippen LogP contribution is 2.14. The summed E-state index contributed by atoms with van der Waals surface area (Å²) in [4.78, 5) is 4.18. The van der Waals surface area contributed by atoms with Crippen LogP contribution in [0.2, 0.25) is 5.02 Å².